The van der Waals surface area contributed by atoms with Crippen LogP contribution in [0.1, 0.15) is 10.4 Å². The SMILES string of the molecule is O=C(O)c1ccccc1-c1cn2cc(Br)ccc2n1. The molecule has 4 nitrogen and oxygen atoms in total. The zero-order valence-electron chi connectivity index (χ0n) is 9.75. The van der Waals surface area contributed by atoms with Crippen molar-refractivity contribution < 1.29 is 9.90 Å². The minimum atomic E-state index is -0.950. The van der Waals surface area contributed by atoms with E-state index in [0.717, 1.165) is 10.1 Å². The molecule has 0 atom stereocenters. The Morgan fingerprint density at radius 2 is 1.95 bits per heavy atom. The van der Waals surface area contributed by atoms with Crippen molar-refractivity contribution in [1.29, 1.82) is 0 Å². The number of hydrogen-bond donors (Lipinski definition) is 1. The maximum absolute atomic E-state index is 11.2. The monoisotopic (exact) mass is 316 g/mol. The molecule has 2 aromatic heterocycles. The first kappa shape index (κ1) is 11.9. The van der Waals surface area contributed by atoms with Crippen LogP contribution in [0.2, 0.25) is 0 Å². The number of benzene rings is 1. The summed E-state index contributed by atoms with van der Waals surface area (Å²) in [7, 11) is 0. The molecule has 1 N–H and O–H groups in total. The van der Waals surface area contributed by atoms with E-state index in [1.54, 1.807) is 18.2 Å². The van der Waals surface area contributed by atoms with Gasteiger partial charge >= 0.3 is 5.97 Å². The van der Waals surface area contributed by atoms with Gasteiger partial charge in [0.25, 0.3) is 0 Å². The van der Waals surface area contributed by atoms with E-state index in [9.17, 15) is 9.90 Å². The number of nitrogens with zero attached hydrogens (tertiary/aromatic N) is 2. The highest BCUT2D eigenvalue weighted by Gasteiger charge is 2.13. The lowest BCUT2D eigenvalue weighted by atomic mass is 10.1. The van der Waals surface area contributed by atoms with Gasteiger partial charge in [-0.3, -0.25) is 0 Å². The summed E-state index contributed by atoms with van der Waals surface area (Å²) < 4.78 is 2.80. The maximum Gasteiger partial charge on any atom is 0.336 e. The average molecular weight is 317 g/mol. The molecule has 0 aliphatic carbocycles. The van der Waals surface area contributed by atoms with Crippen LogP contribution in [-0.4, -0.2) is 20.5 Å². The second kappa shape index (κ2) is 4.51. The van der Waals surface area contributed by atoms with Gasteiger partial charge < -0.3 is 9.51 Å². The van der Waals surface area contributed by atoms with Crippen molar-refractivity contribution in [2.75, 3.05) is 0 Å². The number of aromatic nitrogens is 2. The van der Waals surface area contributed by atoms with E-state index in [-0.39, 0.29) is 5.56 Å². The summed E-state index contributed by atoms with van der Waals surface area (Å²) in [5.41, 5.74) is 2.30. The number of pyridine rings is 1. The number of carboxylic acids is 1. The third kappa shape index (κ3) is 2.13. The molecule has 0 amide bonds. The predicted molar refractivity (Wildman–Crippen MR) is 75.3 cm³/mol. The second-order valence-electron chi connectivity index (χ2n) is 4.09. The van der Waals surface area contributed by atoms with E-state index in [1.807, 2.05) is 35.0 Å². The Kier molecular flexibility index (Phi) is 2.83. The van der Waals surface area contributed by atoms with Gasteiger partial charge in [0.2, 0.25) is 0 Å². The molecule has 0 aliphatic rings. The lowest BCUT2D eigenvalue weighted by Crippen LogP contribution is -1.98. The number of halogens is 1. The molecule has 19 heavy (non-hydrogen) atoms. The van der Waals surface area contributed by atoms with Crippen molar-refractivity contribution in [1.82, 2.24) is 9.38 Å². The van der Waals surface area contributed by atoms with Crippen LogP contribution < -0.4 is 0 Å². The normalized spacial score (nSPS) is 10.8. The number of fused-ring (bicyclic) bond motifs is 1. The molecule has 0 bridgehead atoms. The van der Waals surface area contributed by atoms with Gasteiger partial charge in [-0.2, -0.15) is 0 Å². The largest absolute Gasteiger partial charge is 0.478 e. The highest BCUT2D eigenvalue weighted by Crippen LogP contribution is 2.24. The quantitative estimate of drug-likeness (QED) is 0.787. The summed E-state index contributed by atoms with van der Waals surface area (Å²) in [6, 6.07) is 10.6. The molecule has 94 valence electrons. The Labute approximate surface area is 117 Å². The highest BCUT2D eigenvalue weighted by atomic mass is 79.9. The number of rotatable bonds is 2. The van der Waals surface area contributed by atoms with Crippen molar-refractivity contribution in [3.63, 3.8) is 0 Å². The van der Waals surface area contributed by atoms with Crippen LogP contribution in [0.5, 0.6) is 0 Å². The fraction of sp³-hybridized carbons (Fsp3) is 0. The third-order valence-corrected chi connectivity index (χ3v) is 3.32. The highest BCUT2D eigenvalue weighted by molar-refractivity contribution is 9.10. The van der Waals surface area contributed by atoms with E-state index in [1.165, 1.54) is 0 Å². The van der Waals surface area contributed by atoms with Gasteiger partial charge in [-0.25, -0.2) is 9.78 Å². The van der Waals surface area contributed by atoms with E-state index in [0.29, 0.717) is 11.3 Å². The molecule has 0 radical (unpaired) electrons. The lowest BCUT2D eigenvalue weighted by molar-refractivity contribution is 0.0697. The molecule has 3 aromatic rings. The molecule has 2 heterocycles. The Balaban J connectivity index is 2.22. The van der Waals surface area contributed by atoms with Gasteiger partial charge in [0.05, 0.1) is 11.3 Å². The molecule has 0 fully saturated rings. The van der Waals surface area contributed by atoms with Crippen molar-refractivity contribution >= 4 is 27.5 Å². The smallest absolute Gasteiger partial charge is 0.336 e. The van der Waals surface area contributed by atoms with Crippen LogP contribution in [0.25, 0.3) is 16.9 Å². The van der Waals surface area contributed by atoms with E-state index < -0.39 is 5.97 Å². The molecule has 3 rings (SSSR count). The lowest BCUT2D eigenvalue weighted by Gasteiger charge is -2.01. The third-order valence-electron chi connectivity index (χ3n) is 2.85. The summed E-state index contributed by atoms with van der Waals surface area (Å²) in [5, 5.41) is 9.20. The molecule has 5 heteroatoms. The van der Waals surface area contributed by atoms with E-state index >= 15 is 0 Å². The first-order valence-electron chi connectivity index (χ1n) is 5.62. The van der Waals surface area contributed by atoms with Crippen LogP contribution >= 0.6 is 15.9 Å². The number of hydrogen-bond acceptors (Lipinski definition) is 2. The van der Waals surface area contributed by atoms with Gasteiger partial charge in [-0.15, -0.1) is 0 Å². The number of carboxylic acid groups (broad SMARTS) is 1. The first-order chi connectivity index (χ1) is 9.15. The van der Waals surface area contributed by atoms with Gasteiger partial charge in [0.1, 0.15) is 5.65 Å². The summed E-state index contributed by atoms with van der Waals surface area (Å²) in [4.78, 5) is 15.7. The summed E-state index contributed by atoms with van der Waals surface area (Å²) in [5.74, 6) is -0.950. The zero-order valence-corrected chi connectivity index (χ0v) is 11.3. The fourth-order valence-corrected chi connectivity index (χ4v) is 2.34. The topological polar surface area (TPSA) is 54.6 Å². The molecule has 0 spiro atoms. The summed E-state index contributed by atoms with van der Waals surface area (Å²) >= 11 is 3.39. The van der Waals surface area contributed by atoms with Crippen molar-refractivity contribution in [3.05, 3.63) is 58.8 Å². The summed E-state index contributed by atoms with van der Waals surface area (Å²) in [6.07, 6.45) is 3.71. The molecular formula is C14H9BrN2O2. The van der Waals surface area contributed by atoms with Crippen molar-refractivity contribution in [3.8, 4) is 11.3 Å². The number of imidazole rings is 1. The Morgan fingerprint density at radius 3 is 2.74 bits per heavy atom. The van der Waals surface area contributed by atoms with Gasteiger partial charge in [0.15, 0.2) is 0 Å². The fourth-order valence-electron chi connectivity index (χ4n) is 1.99. The van der Waals surface area contributed by atoms with Gasteiger partial charge in [0, 0.05) is 22.4 Å². The minimum Gasteiger partial charge on any atom is -0.478 e. The van der Waals surface area contributed by atoms with Crippen molar-refractivity contribution in [2.45, 2.75) is 0 Å². The van der Waals surface area contributed by atoms with Crippen LogP contribution in [0, 0.1) is 0 Å². The van der Waals surface area contributed by atoms with Gasteiger partial charge in [-0.05, 0) is 34.1 Å². The standard InChI is InChI=1S/C14H9BrN2O2/c15-9-5-6-13-16-12(8-17(13)7-9)10-3-1-2-4-11(10)14(18)19/h1-8H,(H,18,19). The van der Waals surface area contributed by atoms with Crippen LogP contribution in [0.3, 0.4) is 0 Å². The first-order valence-corrected chi connectivity index (χ1v) is 6.41. The van der Waals surface area contributed by atoms with Crippen LogP contribution in [-0.2, 0) is 0 Å². The molecule has 0 unspecified atom stereocenters. The summed E-state index contributed by atoms with van der Waals surface area (Å²) in [6.45, 7) is 0. The van der Waals surface area contributed by atoms with Crippen LogP contribution in [0.15, 0.2) is 53.3 Å². The minimum absolute atomic E-state index is 0.255. The average Bonchev–Trinajstić information content (AvgIpc) is 2.81. The van der Waals surface area contributed by atoms with E-state index in [4.69, 9.17) is 0 Å². The number of carbonyl (C=O) groups is 1. The number of aromatic carboxylic acids is 1. The van der Waals surface area contributed by atoms with Gasteiger partial charge in [-0.1, -0.05) is 18.2 Å². The molecular weight excluding hydrogens is 308 g/mol. The predicted octanol–water partition coefficient (Wildman–Crippen LogP) is 3.46. The second-order valence-corrected chi connectivity index (χ2v) is 5.01. The Morgan fingerprint density at radius 1 is 1.16 bits per heavy atom. The van der Waals surface area contributed by atoms with Crippen molar-refractivity contribution in [2.24, 2.45) is 0 Å². The van der Waals surface area contributed by atoms with Crippen LogP contribution in [0.4, 0.5) is 0 Å². The molecule has 0 saturated carbocycles. The zero-order chi connectivity index (χ0) is 13.4. The van der Waals surface area contributed by atoms with E-state index in [2.05, 4.69) is 20.9 Å². The molecule has 0 aliphatic heterocycles. The molecule has 0 saturated heterocycles. The Bertz CT molecular complexity index is 780. The maximum atomic E-state index is 11.2. The molecule has 1 aromatic carbocycles. The Hall–Kier alpha value is -2.14.